The molecule has 76 valence electrons. The molecule has 6 nitrogen and oxygen atoms in total. The Balaban J connectivity index is 2.35. The summed E-state index contributed by atoms with van der Waals surface area (Å²) in [6.07, 6.45) is 0. The smallest absolute Gasteiger partial charge is 0.190 e. The molecular formula is C9H10N6. The molecule has 1 aromatic carbocycles. The van der Waals surface area contributed by atoms with Crippen molar-refractivity contribution in [2.24, 2.45) is 15.2 Å². The Morgan fingerprint density at radius 3 is 2.73 bits per heavy atom. The number of rotatable bonds is 1. The van der Waals surface area contributed by atoms with Gasteiger partial charge in [0.2, 0.25) is 0 Å². The third-order valence-electron chi connectivity index (χ3n) is 1.97. The van der Waals surface area contributed by atoms with Gasteiger partial charge in [-0.2, -0.15) is 5.11 Å². The van der Waals surface area contributed by atoms with Crippen LogP contribution in [-0.2, 0) is 0 Å². The van der Waals surface area contributed by atoms with Gasteiger partial charge in [0, 0.05) is 5.69 Å². The minimum absolute atomic E-state index is 0.0891. The van der Waals surface area contributed by atoms with Crippen molar-refractivity contribution >= 4 is 28.6 Å². The predicted octanol–water partition coefficient (Wildman–Crippen LogP) is 1.37. The summed E-state index contributed by atoms with van der Waals surface area (Å²) in [6.45, 7) is 0.336. The van der Waals surface area contributed by atoms with E-state index in [1.807, 2.05) is 0 Å². The summed E-state index contributed by atoms with van der Waals surface area (Å²) >= 11 is 0. The molecule has 1 aliphatic heterocycles. The molecule has 15 heavy (non-hydrogen) atoms. The Labute approximate surface area is 86.2 Å². The van der Waals surface area contributed by atoms with Crippen molar-refractivity contribution in [2.45, 2.75) is 0 Å². The van der Waals surface area contributed by atoms with Crippen LogP contribution in [0.5, 0.6) is 0 Å². The van der Waals surface area contributed by atoms with Gasteiger partial charge >= 0.3 is 0 Å². The number of hydrogen-bond donors (Lipinski definition) is 3. The molecule has 1 aliphatic rings. The van der Waals surface area contributed by atoms with E-state index in [4.69, 9.17) is 16.9 Å². The molecule has 0 spiro atoms. The van der Waals surface area contributed by atoms with Gasteiger partial charge in [0.05, 0.1) is 11.4 Å². The fourth-order valence-corrected chi connectivity index (χ4v) is 1.21. The lowest BCUT2D eigenvalue weighted by molar-refractivity contribution is 1.18. The summed E-state index contributed by atoms with van der Waals surface area (Å²) in [5, 5.41) is 14.7. The number of hydrogen-bond acceptors (Lipinski definition) is 5. The number of nitrogens with two attached hydrogens (primary N) is 2. The summed E-state index contributed by atoms with van der Waals surface area (Å²) in [5.74, 6) is 0.0891. The van der Waals surface area contributed by atoms with Gasteiger partial charge < -0.3 is 11.5 Å². The molecule has 0 radical (unpaired) electrons. The van der Waals surface area contributed by atoms with Crippen LogP contribution in [-0.4, -0.2) is 18.1 Å². The fraction of sp³-hybridized carbons (Fsp3) is 0.111. The second-order valence-electron chi connectivity index (χ2n) is 3.12. The summed E-state index contributed by atoms with van der Waals surface area (Å²) < 4.78 is 0. The molecular weight excluding hydrogens is 192 g/mol. The molecule has 0 bridgehead atoms. The SMILES string of the molecule is N=C1N=NCC1=Nc1ccc(N)cc1N. The number of benzene rings is 1. The molecule has 0 fully saturated rings. The molecule has 2 rings (SSSR count). The molecule has 0 aliphatic carbocycles. The number of azo groups is 1. The van der Waals surface area contributed by atoms with Gasteiger partial charge in [-0.05, 0) is 18.2 Å². The average molecular weight is 202 g/mol. The number of nitrogens with one attached hydrogen (secondary N) is 1. The Morgan fingerprint density at radius 1 is 1.33 bits per heavy atom. The van der Waals surface area contributed by atoms with Crippen molar-refractivity contribution in [3.8, 4) is 0 Å². The van der Waals surface area contributed by atoms with Crippen molar-refractivity contribution in [3.05, 3.63) is 18.2 Å². The molecule has 0 saturated heterocycles. The van der Waals surface area contributed by atoms with Crippen LogP contribution in [0.1, 0.15) is 0 Å². The molecule has 0 unspecified atom stereocenters. The van der Waals surface area contributed by atoms with E-state index in [9.17, 15) is 0 Å². The maximum Gasteiger partial charge on any atom is 0.190 e. The standard InChI is InChI=1S/C9H10N6/c10-5-1-2-7(6(11)3-5)14-8-4-13-15-9(8)12/h1-3,12H,4,10-11H2. The molecule has 1 aromatic rings. The molecule has 0 saturated carbocycles. The lowest BCUT2D eigenvalue weighted by atomic mass is 10.2. The van der Waals surface area contributed by atoms with E-state index in [0.717, 1.165) is 0 Å². The quantitative estimate of drug-likeness (QED) is 0.597. The van der Waals surface area contributed by atoms with Crippen molar-refractivity contribution in [1.82, 2.24) is 0 Å². The van der Waals surface area contributed by atoms with E-state index >= 15 is 0 Å². The summed E-state index contributed by atoms with van der Waals surface area (Å²) in [7, 11) is 0. The molecule has 0 aromatic heterocycles. The average Bonchev–Trinajstić information content (AvgIpc) is 2.57. The highest BCUT2D eigenvalue weighted by Gasteiger charge is 2.12. The zero-order chi connectivity index (χ0) is 10.8. The van der Waals surface area contributed by atoms with E-state index in [1.54, 1.807) is 18.2 Å². The maximum atomic E-state index is 7.41. The van der Waals surface area contributed by atoms with Gasteiger partial charge in [0.25, 0.3) is 0 Å². The Bertz CT molecular complexity index is 473. The molecule has 0 amide bonds. The van der Waals surface area contributed by atoms with E-state index in [-0.39, 0.29) is 5.84 Å². The van der Waals surface area contributed by atoms with Crippen molar-refractivity contribution in [3.63, 3.8) is 0 Å². The molecule has 5 N–H and O–H groups in total. The van der Waals surface area contributed by atoms with Crippen LogP contribution in [0.2, 0.25) is 0 Å². The maximum absolute atomic E-state index is 7.41. The predicted molar refractivity (Wildman–Crippen MR) is 59.8 cm³/mol. The Kier molecular flexibility index (Phi) is 2.17. The van der Waals surface area contributed by atoms with Crippen LogP contribution >= 0.6 is 0 Å². The zero-order valence-electron chi connectivity index (χ0n) is 7.94. The van der Waals surface area contributed by atoms with Crippen LogP contribution in [0.15, 0.2) is 33.4 Å². The molecule has 6 heteroatoms. The van der Waals surface area contributed by atoms with Crippen LogP contribution in [0, 0.1) is 5.41 Å². The van der Waals surface area contributed by atoms with Crippen molar-refractivity contribution < 1.29 is 0 Å². The third-order valence-corrected chi connectivity index (χ3v) is 1.97. The summed E-state index contributed by atoms with van der Waals surface area (Å²) in [6, 6.07) is 5.05. The Hall–Kier alpha value is -2.24. The summed E-state index contributed by atoms with van der Waals surface area (Å²) in [4.78, 5) is 4.20. The van der Waals surface area contributed by atoms with Gasteiger partial charge in [-0.3, -0.25) is 5.41 Å². The number of anilines is 2. The second-order valence-corrected chi connectivity index (χ2v) is 3.12. The van der Waals surface area contributed by atoms with Gasteiger partial charge in [-0.1, -0.05) is 0 Å². The van der Waals surface area contributed by atoms with Gasteiger partial charge in [-0.25, -0.2) is 4.99 Å². The highest BCUT2D eigenvalue weighted by molar-refractivity contribution is 6.43. The second kappa shape index (κ2) is 3.49. The lowest BCUT2D eigenvalue weighted by Crippen LogP contribution is -2.07. The number of nitrogen functional groups attached to an aromatic ring is 2. The Morgan fingerprint density at radius 2 is 2.13 bits per heavy atom. The van der Waals surface area contributed by atoms with E-state index in [2.05, 4.69) is 15.2 Å². The van der Waals surface area contributed by atoms with Crippen LogP contribution in [0.4, 0.5) is 17.1 Å². The van der Waals surface area contributed by atoms with Crippen LogP contribution in [0.3, 0.4) is 0 Å². The van der Waals surface area contributed by atoms with Crippen LogP contribution < -0.4 is 11.5 Å². The zero-order valence-corrected chi connectivity index (χ0v) is 7.94. The minimum Gasteiger partial charge on any atom is -0.399 e. The van der Waals surface area contributed by atoms with Gasteiger partial charge in [0.1, 0.15) is 12.3 Å². The number of amidine groups is 1. The van der Waals surface area contributed by atoms with E-state index in [1.165, 1.54) is 0 Å². The first-order valence-corrected chi connectivity index (χ1v) is 4.36. The fourth-order valence-electron chi connectivity index (χ4n) is 1.21. The normalized spacial score (nSPS) is 17.6. The van der Waals surface area contributed by atoms with Crippen molar-refractivity contribution in [1.29, 1.82) is 5.41 Å². The van der Waals surface area contributed by atoms with Gasteiger partial charge in [0.15, 0.2) is 5.84 Å². The summed E-state index contributed by atoms with van der Waals surface area (Å²) in [5.41, 5.74) is 13.5. The molecule has 0 atom stereocenters. The molecule has 1 heterocycles. The first-order chi connectivity index (χ1) is 7.16. The number of nitrogens with zero attached hydrogens (tertiary/aromatic N) is 3. The minimum atomic E-state index is 0.0891. The highest BCUT2D eigenvalue weighted by Crippen LogP contribution is 2.24. The largest absolute Gasteiger partial charge is 0.399 e. The highest BCUT2D eigenvalue weighted by atomic mass is 15.2. The third kappa shape index (κ3) is 1.83. The first-order valence-electron chi connectivity index (χ1n) is 4.36. The van der Waals surface area contributed by atoms with Crippen molar-refractivity contribution in [2.75, 3.05) is 18.0 Å². The van der Waals surface area contributed by atoms with Gasteiger partial charge in [-0.15, -0.1) is 5.11 Å². The van der Waals surface area contributed by atoms with Crippen LogP contribution in [0.25, 0.3) is 0 Å². The number of aliphatic imine (C=N–C) groups is 1. The van der Waals surface area contributed by atoms with E-state index < -0.39 is 0 Å². The monoisotopic (exact) mass is 202 g/mol. The topological polar surface area (TPSA) is 113 Å². The van der Waals surface area contributed by atoms with E-state index in [0.29, 0.717) is 29.3 Å². The first kappa shape index (κ1) is 9.32. The lowest BCUT2D eigenvalue weighted by Gasteiger charge is -2.01.